The highest BCUT2D eigenvalue weighted by Crippen LogP contribution is 2.18. The average molecular weight is 298 g/mol. The van der Waals surface area contributed by atoms with Gasteiger partial charge in [-0.2, -0.15) is 0 Å². The van der Waals surface area contributed by atoms with Gasteiger partial charge in [0.15, 0.2) is 0 Å². The van der Waals surface area contributed by atoms with E-state index in [0.29, 0.717) is 6.61 Å². The average Bonchev–Trinajstić information content (AvgIpc) is 2.55. The summed E-state index contributed by atoms with van der Waals surface area (Å²) in [5, 5.41) is 0. The zero-order chi connectivity index (χ0) is 17.8. The third-order valence-corrected chi connectivity index (χ3v) is 1.77. The van der Waals surface area contributed by atoms with Crippen molar-refractivity contribution in [1.29, 1.82) is 0 Å². The van der Waals surface area contributed by atoms with Crippen LogP contribution in [0.15, 0.2) is 18.8 Å². The predicted octanol–water partition coefficient (Wildman–Crippen LogP) is 6.93. The topological polar surface area (TPSA) is 22.1 Å². The van der Waals surface area contributed by atoms with Gasteiger partial charge in [-0.25, -0.2) is 0 Å². The van der Waals surface area contributed by atoms with Gasteiger partial charge in [0.1, 0.15) is 5.75 Å². The normalized spacial score (nSPS) is 7.19. The van der Waals surface area contributed by atoms with Crippen LogP contribution in [0.5, 0.6) is 5.75 Å². The van der Waals surface area contributed by atoms with Crippen molar-refractivity contribution in [3.63, 3.8) is 0 Å². The quantitative estimate of drug-likeness (QED) is 0.603. The maximum Gasteiger partial charge on any atom is 0.137 e. The molecule has 1 aromatic heterocycles. The molecule has 0 spiro atoms. The van der Waals surface area contributed by atoms with Crippen molar-refractivity contribution in [3.8, 4) is 5.75 Å². The van der Waals surface area contributed by atoms with Crippen LogP contribution in [0.4, 0.5) is 0 Å². The Labute approximate surface area is 134 Å². The highest BCUT2D eigenvalue weighted by atomic mass is 16.5. The monoisotopic (exact) mass is 297 g/mol. The van der Waals surface area contributed by atoms with Crippen LogP contribution >= 0.6 is 0 Å². The number of hydrogen-bond donors (Lipinski definition) is 0. The molecule has 0 aliphatic heterocycles. The molecule has 21 heavy (non-hydrogen) atoms. The van der Waals surface area contributed by atoms with Crippen LogP contribution in [-0.2, 0) is 0 Å². The van der Waals surface area contributed by atoms with Gasteiger partial charge in [0.05, 0.1) is 18.5 Å². The molecule has 2 heteroatoms. The second-order valence-electron chi connectivity index (χ2n) is 3.05. The number of aryl methyl sites for hydroxylation is 1. The summed E-state index contributed by atoms with van der Waals surface area (Å²) in [5.41, 5.74) is 3.06. The number of aromatic nitrogens is 1. The fraction of sp³-hybridized carbons (Fsp3) is 0.632. The lowest BCUT2D eigenvalue weighted by Gasteiger charge is -2.07. The van der Waals surface area contributed by atoms with Crippen LogP contribution < -0.4 is 4.74 Å². The van der Waals surface area contributed by atoms with Gasteiger partial charge in [-0.15, -0.1) is 0 Å². The van der Waals surface area contributed by atoms with E-state index in [2.05, 4.69) is 11.6 Å². The van der Waals surface area contributed by atoms with Gasteiger partial charge in [0.2, 0.25) is 0 Å². The number of ether oxygens (including phenoxy) is 1. The summed E-state index contributed by atoms with van der Waals surface area (Å²) >= 11 is 0. The van der Waals surface area contributed by atoms with Crippen molar-refractivity contribution in [3.05, 3.63) is 30.1 Å². The first-order valence-corrected chi connectivity index (χ1v) is 8.40. The predicted molar refractivity (Wildman–Crippen MR) is 100 cm³/mol. The van der Waals surface area contributed by atoms with Gasteiger partial charge in [-0.05, 0) is 38.0 Å². The first-order chi connectivity index (χ1) is 10.1. The minimum atomic E-state index is 0.674. The second-order valence-corrected chi connectivity index (χ2v) is 3.05. The molecule has 0 N–H and O–H groups in total. The van der Waals surface area contributed by atoms with Crippen LogP contribution in [0.2, 0.25) is 0 Å². The molecule has 1 aromatic rings. The summed E-state index contributed by atoms with van der Waals surface area (Å²) in [6.45, 7) is 26.5. The van der Waals surface area contributed by atoms with Crippen molar-refractivity contribution < 1.29 is 4.74 Å². The van der Waals surface area contributed by atoms with Crippen molar-refractivity contribution in [2.24, 2.45) is 0 Å². The fourth-order valence-corrected chi connectivity index (χ4v) is 1.24. The molecule has 1 rings (SSSR count). The molecule has 0 aliphatic rings. The minimum absolute atomic E-state index is 0.674. The maximum atomic E-state index is 5.33. The molecule has 0 fully saturated rings. The van der Waals surface area contributed by atoms with Gasteiger partial charge in [0, 0.05) is 0 Å². The zero-order valence-electron chi connectivity index (χ0n) is 16.4. The standard InChI is InChI=1S/C11H15NO.4C2H6/c1-5-13-10-6-9(4)11(8(2)3)12-7-10;4*1-2/h6-7H,2,5H2,1,3-4H3;4*1-2H3. The van der Waals surface area contributed by atoms with E-state index in [4.69, 9.17) is 4.74 Å². The first-order valence-electron chi connectivity index (χ1n) is 8.40. The molecule has 0 aromatic carbocycles. The van der Waals surface area contributed by atoms with Crippen LogP contribution in [0.1, 0.15) is 80.5 Å². The molecule has 0 aliphatic carbocycles. The molecule has 0 saturated carbocycles. The number of rotatable bonds is 3. The second kappa shape index (κ2) is 23.8. The lowest BCUT2D eigenvalue weighted by molar-refractivity contribution is 0.338. The number of nitrogens with zero attached hydrogens (tertiary/aromatic N) is 1. The van der Waals surface area contributed by atoms with E-state index in [1.807, 2.05) is 82.2 Å². The Balaban J connectivity index is -0.000000156. The van der Waals surface area contributed by atoms with Gasteiger partial charge < -0.3 is 4.74 Å². The van der Waals surface area contributed by atoms with E-state index in [-0.39, 0.29) is 0 Å². The summed E-state index contributed by atoms with van der Waals surface area (Å²) in [7, 11) is 0. The lowest BCUT2D eigenvalue weighted by Crippen LogP contribution is -1.95. The van der Waals surface area contributed by atoms with Crippen LogP contribution in [-0.4, -0.2) is 11.6 Å². The molecule has 0 bridgehead atoms. The Hall–Kier alpha value is -1.31. The minimum Gasteiger partial charge on any atom is -0.492 e. The van der Waals surface area contributed by atoms with Gasteiger partial charge in [-0.1, -0.05) is 62.0 Å². The molecular weight excluding hydrogens is 258 g/mol. The summed E-state index contributed by atoms with van der Waals surface area (Å²) in [6, 6.07) is 1.99. The molecular formula is C19H39NO. The fourth-order valence-electron chi connectivity index (χ4n) is 1.24. The highest BCUT2D eigenvalue weighted by molar-refractivity contribution is 5.61. The Morgan fingerprint density at radius 2 is 1.48 bits per heavy atom. The zero-order valence-corrected chi connectivity index (χ0v) is 16.4. The van der Waals surface area contributed by atoms with Crippen molar-refractivity contribution in [2.45, 2.75) is 76.2 Å². The number of pyridine rings is 1. The lowest BCUT2D eigenvalue weighted by atomic mass is 10.1. The SMILES string of the molecule is C=C(C)c1ncc(OCC)cc1C.CC.CC.CC.CC. The van der Waals surface area contributed by atoms with Gasteiger partial charge in [0.25, 0.3) is 0 Å². The van der Waals surface area contributed by atoms with Crippen LogP contribution in [0, 0.1) is 6.92 Å². The van der Waals surface area contributed by atoms with E-state index in [1.165, 1.54) is 0 Å². The molecule has 1 heterocycles. The summed E-state index contributed by atoms with van der Waals surface area (Å²) < 4.78 is 5.33. The molecule has 0 radical (unpaired) electrons. The Bertz CT molecular complexity index is 319. The molecule has 126 valence electrons. The van der Waals surface area contributed by atoms with Crippen molar-refractivity contribution in [1.82, 2.24) is 4.98 Å². The molecule has 0 atom stereocenters. The largest absolute Gasteiger partial charge is 0.492 e. The van der Waals surface area contributed by atoms with Crippen molar-refractivity contribution >= 4 is 5.57 Å². The van der Waals surface area contributed by atoms with Gasteiger partial charge in [-0.3, -0.25) is 4.98 Å². The molecule has 2 nitrogen and oxygen atoms in total. The van der Waals surface area contributed by atoms with Crippen LogP contribution in [0.25, 0.3) is 5.57 Å². The summed E-state index contributed by atoms with van der Waals surface area (Å²) in [6.07, 6.45) is 1.74. The number of hydrogen-bond acceptors (Lipinski definition) is 2. The molecule has 0 saturated heterocycles. The molecule has 0 unspecified atom stereocenters. The van der Waals surface area contributed by atoms with Crippen LogP contribution in [0.3, 0.4) is 0 Å². The number of allylic oxidation sites excluding steroid dienone is 1. The van der Waals surface area contributed by atoms with Crippen molar-refractivity contribution in [2.75, 3.05) is 6.61 Å². The smallest absolute Gasteiger partial charge is 0.137 e. The molecule has 0 amide bonds. The summed E-state index contributed by atoms with van der Waals surface area (Å²) in [4.78, 5) is 4.27. The first kappa shape index (κ1) is 27.9. The van der Waals surface area contributed by atoms with E-state index >= 15 is 0 Å². The third kappa shape index (κ3) is 14.9. The Kier molecular flexibility index (Phi) is 31.6. The van der Waals surface area contributed by atoms with E-state index in [9.17, 15) is 0 Å². The van der Waals surface area contributed by atoms with Gasteiger partial charge >= 0.3 is 0 Å². The highest BCUT2D eigenvalue weighted by Gasteiger charge is 2.02. The maximum absolute atomic E-state index is 5.33. The third-order valence-electron chi connectivity index (χ3n) is 1.77. The summed E-state index contributed by atoms with van der Waals surface area (Å²) in [5.74, 6) is 0.824. The van der Waals surface area contributed by atoms with E-state index < -0.39 is 0 Å². The van der Waals surface area contributed by atoms with E-state index in [1.54, 1.807) is 6.20 Å². The van der Waals surface area contributed by atoms with E-state index in [0.717, 1.165) is 22.6 Å². The Morgan fingerprint density at radius 1 is 1.05 bits per heavy atom. The Morgan fingerprint density at radius 3 is 1.76 bits per heavy atom.